The summed E-state index contributed by atoms with van der Waals surface area (Å²) in [5, 5.41) is 16.8. The van der Waals surface area contributed by atoms with E-state index in [1.165, 1.54) is 30.2 Å². The number of benzene rings is 2. The van der Waals surface area contributed by atoms with E-state index in [1.54, 1.807) is 37.3 Å². The zero-order chi connectivity index (χ0) is 20.3. The number of halogens is 1. The smallest absolute Gasteiger partial charge is 0.269 e. The Bertz CT molecular complexity index is 1030. The summed E-state index contributed by atoms with van der Waals surface area (Å²) < 4.78 is 5.61. The highest BCUT2D eigenvalue weighted by molar-refractivity contribution is 8.06. The topological polar surface area (TPSA) is 81.5 Å². The maximum atomic E-state index is 12.0. The van der Waals surface area contributed by atoms with E-state index in [0.29, 0.717) is 21.9 Å². The summed E-state index contributed by atoms with van der Waals surface area (Å²) in [4.78, 5) is 22.3. The van der Waals surface area contributed by atoms with Gasteiger partial charge in [-0.05, 0) is 42.3 Å². The van der Waals surface area contributed by atoms with Crippen LogP contribution in [-0.4, -0.2) is 10.7 Å². The Hall–Kier alpha value is -3.03. The molecule has 0 radical (unpaired) electrons. The largest absolute Gasteiger partial charge is 0.462 e. The van der Waals surface area contributed by atoms with Crippen molar-refractivity contribution in [2.24, 2.45) is 0 Å². The molecule has 1 heterocycles. The van der Waals surface area contributed by atoms with Gasteiger partial charge in [-0.1, -0.05) is 29.9 Å². The summed E-state index contributed by atoms with van der Waals surface area (Å²) >= 11 is 7.58. The molecular weight excluding hydrogens is 400 g/mol. The van der Waals surface area contributed by atoms with Gasteiger partial charge in [-0.2, -0.15) is 0 Å². The molecule has 2 aromatic rings. The average Bonchev–Trinajstić information content (AvgIpc) is 3.15. The number of Topliss-reactive ketones (excluding diaryl/α,β-unsaturated/α-hetero) is 1. The van der Waals surface area contributed by atoms with Gasteiger partial charge in [0.2, 0.25) is 0 Å². The van der Waals surface area contributed by atoms with E-state index in [1.807, 2.05) is 5.41 Å². The molecular formula is C20H15ClN2O4S. The Morgan fingerprint density at radius 3 is 2.61 bits per heavy atom. The molecule has 142 valence electrons. The number of nitro groups is 1. The third-order valence-electron chi connectivity index (χ3n) is 3.83. The summed E-state index contributed by atoms with van der Waals surface area (Å²) in [6.07, 6.45) is 1.53. The van der Waals surface area contributed by atoms with Crippen LogP contribution in [-0.2, 0) is 0 Å². The second-order valence-electron chi connectivity index (χ2n) is 5.93. The molecule has 1 aliphatic rings. The van der Waals surface area contributed by atoms with Crippen LogP contribution in [0.3, 0.4) is 0 Å². The van der Waals surface area contributed by atoms with Crippen molar-refractivity contribution in [3.05, 3.63) is 97.6 Å². The molecule has 8 heteroatoms. The van der Waals surface area contributed by atoms with Gasteiger partial charge in [0.25, 0.3) is 5.69 Å². The third-order valence-corrected chi connectivity index (χ3v) is 4.94. The van der Waals surface area contributed by atoms with Crippen LogP contribution in [0.5, 0.6) is 5.75 Å². The number of rotatable bonds is 6. The zero-order valence-electron chi connectivity index (χ0n) is 14.8. The van der Waals surface area contributed by atoms with Crippen molar-refractivity contribution in [1.29, 1.82) is 0 Å². The number of hydrogen-bond acceptors (Lipinski definition) is 6. The number of nitrogens with zero attached hydrogens (tertiary/aromatic N) is 1. The highest BCUT2D eigenvalue weighted by atomic mass is 35.5. The van der Waals surface area contributed by atoms with Crippen LogP contribution in [0.25, 0.3) is 5.70 Å². The van der Waals surface area contributed by atoms with Gasteiger partial charge in [0.1, 0.15) is 17.0 Å². The lowest BCUT2D eigenvalue weighted by atomic mass is 10.1. The molecule has 0 unspecified atom stereocenters. The molecule has 1 aliphatic heterocycles. The van der Waals surface area contributed by atoms with Gasteiger partial charge in [0.15, 0.2) is 5.78 Å². The van der Waals surface area contributed by atoms with Crippen LogP contribution in [0.1, 0.15) is 22.8 Å². The van der Waals surface area contributed by atoms with E-state index in [2.05, 4.69) is 11.9 Å². The summed E-state index contributed by atoms with van der Waals surface area (Å²) in [6.45, 7) is 5.26. The highest BCUT2D eigenvalue weighted by Gasteiger charge is 2.15. The third kappa shape index (κ3) is 4.44. The lowest BCUT2D eigenvalue weighted by Crippen LogP contribution is -2.05. The number of carbonyl (C=O) groups is 1. The van der Waals surface area contributed by atoms with Crippen molar-refractivity contribution in [2.75, 3.05) is 0 Å². The molecule has 6 nitrogen and oxygen atoms in total. The molecule has 2 aromatic carbocycles. The molecule has 0 bridgehead atoms. The Kier molecular flexibility index (Phi) is 5.87. The van der Waals surface area contributed by atoms with E-state index in [4.69, 9.17) is 16.3 Å². The van der Waals surface area contributed by atoms with Crippen molar-refractivity contribution in [3.63, 3.8) is 0 Å². The number of allylic oxidation sites excluding steroid dienone is 1. The minimum Gasteiger partial charge on any atom is -0.462 e. The molecule has 3 rings (SSSR count). The van der Waals surface area contributed by atoms with Crippen molar-refractivity contribution in [1.82, 2.24) is 5.32 Å². The minimum absolute atomic E-state index is 0.0413. The Labute approximate surface area is 170 Å². The first-order valence-corrected chi connectivity index (χ1v) is 9.36. The Morgan fingerprint density at radius 2 is 2.00 bits per heavy atom. The standard InChI is InChI=1S/C20H15ClN2O4S/c1-12(2)20(24)16-8-7-15(9-17(16)21)27-10-19-22-18(11-28-19)13-3-5-14(6-4-13)23(25)26/h3-11,22H,1H2,2H3/b19-10+. The maximum absolute atomic E-state index is 12.0. The van der Waals surface area contributed by atoms with E-state index in [-0.39, 0.29) is 11.5 Å². The summed E-state index contributed by atoms with van der Waals surface area (Å²) in [7, 11) is 0. The van der Waals surface area contributed by atoms with Crippen LogP contribution in [0.4, 0.5) is 5.69 Å². The number of thioether (sulfide) groups is 1. The fourth-order valence-corrected chi connectivity index (χ4v) is 3.35. The van der Waals surface area contributed by atoms with Crippen molar-refractivity contribution < 1.29 is 14.5 Å². The number of ketones is 1. The Balaban J connectivity index is 1.65. The Morgan fingerprint density at radius 1 is 1.29 bits per heavy atom. The molecule has 28 heavy (non-hydrogen) atoms. The quantitative estimate of drug-likeness (QED) is 0.220. The SMILES string of the molecule is C=C(C)C(=O)c1ccc(O/C=C2\NC(c3ccc([N+](=O)[O-])cc3)=CS2)cc1Cl. The number of nitrogens with one attached hydrogen (secondary N) is 1. The number of ether oxygens (including phenoxy) is 1. The van der Waals surface area contributed by atoms with Gasteiger partial charge < -0.3 is 10.1 Å². The number of non-ortho nitro benzene ring substituents is 1. The van der Waals surface area contributed by atoms with E-state index >= 15 is 0 Å². The lowest BCUT2D eigenvalue weighted by molar-refractivity contribution is -0.384. The van der Waals surface area contributed by atoms with Crippen molar-refractivity contribution in [3.8, 4) is 5.75 Å². The average molecular weight is 415 g/mol. The number of carbonyl (C=O) groups excluding carboxylic acids is 1. The van der Waals surface area contributed by atoms with Gasteiger partial charge >= 0.3 is 0 Å². The van der Waals surface area contributed by atoms with Crippen molar-refractivity contribution in [2.45, 2.75) is 6.92 Å². The van der Waals surface area contributed by atoms with Crippen LogP contribution < -0.4 is 10.1 Å². The van der Waals surface area contributed by atoms with Gasteiger partial charge in [0.05, 0.1) is 15.6 Å². The minimum atomic E-state index is -0.436. The fraction of sp³-hybridized carbons (Fsp3) is 0.0500. The monoisotopic (exact) mass is 414 g/mol. The van der Waals surface area contributed by atoms with Gasteiger partial charge in [-0.3, -0.25) is 14.9 Å². The zero-order valence-corrected chi connectivity index (χ0v) is 16.3. The molecule has 0 amide bonds. The van der Waals surface area contributed by atoms with E-state index in [0.717, 1.165) is 16.3 Å². The predicted octanol–water partition coefficient (Wildman–Crippen LogP) is 5.52. The second kappa shape index (κ2) is 8.33. The molecule has 0 atom stereocenters. The molecule has 0 spiro atoms. The first kappa shape index (κ1) is 19.7. The maximum Gasteiger partial charge on any atom is 0.269 e. The van der Waals surface area contributed by atoms with E-state index in [9.17, 15) is 14.9 Å². The second-order valence-corrected chi connectivity index (χ2v) is 7.25. The first-order valence-electron chi connectivity index (χ1n) is 8.10. The number of hydrogen-bond donors (Lipinski definition) is 1. The lowest BCUT2D eigenvalue weighted by Gasteiger charge is -2.08. The molecule has 1 N–H and O–H groups in total. The predicted molar refractivity (Wildman–Crippen MR) is 111 cm³/mol. The van der Waals surface area contributed by atoms with E-state index < -0.39 is 4.92 Å². The van der Waals surface area contributed by atoms with Crippen LogP contribution in [0.15, 0.2) is 71.3 Å². The van der Waals surface area contributed by atoms with Gasteiger partial charge in [-0.25, -0.2) is 0 Å². The molecule has 0 aromatic heterocycles. The molecule has 0 saturated carbocycles. The summed E-state index contributed by atoms with van der Waals surface area (Å²) in [6, 6.07) is 11.1. The van der Waals surface area contributed by atoms with Crippen LogP contribution >= 0.6 is 23.4 Å². The van der Waals surface area contributed by atoms with Crippen molar-refractivity contribution >= 4 is 40.5 Å². The normalized spacial score (nSPS) is 14.4. The summed E-state index contributed by atoms with van der Waals surface area (Å²) in [5.41, 5.74) is 2.47. The van der Waals surface area contributed by atoms with Gasteiger partial charge in [0, 0.05) is 29.2 Å². The highest BCUT2D eigenvalue weighted by Crippen LogP contribution is 2.31. The van der Waals surface area contributed by atoms with Crippen LogP contribution in [0, 0.1) is 10.1 Å². The molecule has 0 aliphatic carbocycles. The summed E-state index contributed by atoms with van der Waals surface area (Å²) in [5.74, 6) is 0.279. The first-order chi connectivity index (χ1) is 13.3. The molecule has 0 fully saturated rings. The fourth-order valence-electron chi connectivity index (χ4n) is 2.38. The van der Waals surface area contributed by atoms with Crippen LogP contribution in [0.2, 0.25) is 5.02 Å². The van der Waals surface area contributed by atoms with Gasteiger partial charge in [-0.15, -0.1) is 0 Å². The molecule has 0 saturated heterocycles. The number of nitro benzene ring substituents is 1.